The number of aliphatic carboxylic acids is 1. The third-order valence-corrected chi connectivity index (χ3v) is 3.95. The second kappa shape index (κ2) is 6.07. The van der Waals surface area contributed by atoms with E-state index >= 15 is 0 Å². The van der Waals surface area contributed by atoms with Crippen molar-refractivity contribution in [3.63, 3.8) is 0 Å². The van der Waals surface area contributed by atoms with E-state index in [1.807, 2.05) is 0 Å². The molecule has 0 aromatic rings. The second-order valence-corrected chi connectivity index (χ2v) is 5.43. The summed E-state index contributed by atoms with van der Waals surface area (Å²) >= 11 is 0. The van der Waals surface area contributed by atoms with Gasteiger partial charge in [-0.1, -0.05) is 32.1 Å². The van der Waals surface area contributed by atoms with Crippen LogP contribution in [0.25, 0.3) is 0 Å². The first-order valence-corrected chi connectivity index (χ1v) is 6.95. The van der Waals surface area contributed by atoms with E-state index in [1.54, 1.807) is 4.90 Å². The molecule has 18 heavy (non-hydrogen) atoms. The molecule has 2 N–H and O–H groups in total. The largest absolute Gasteiger partial charge is 0.481 e. The van der Waals surface area contributed by atoms with Crippen LogP contribution in [0.2, 0.25) is 0 Å². The molecule has 1 aliphatic carbocycles. The molecular weight excluding hydrogens is 232 g/mol. The van der Waals surface area contributed by atoms with Crippen LogP contribution >= 0.6 is 0 Å². The Morgan fingerprint density at radius 1 is 1.00 bits per heavy atom. The monoisotopic (exact) mass is 254 g/mol. The maximum Gasteiger partial charge on any atom is 0.317 e. The number of amides is 2. The molecule has 0 aromatic heterocycles. The van der Waals surface area contributed by atoms with Gasteiger partial charge in [0.1, 0.15) is 0 Å². The van der Waals surface area contributed by atoms with E-state index in [4.69, 9.17) is 5.11 Å². The number of likely N-dealkylation sites (tertiary alicyclic amines) is 1. The molecule has 0 aromatic carbocycles. The van der Waals surface area contributed by atoms with Gasteiger partial charge in [-0.15, -0.1) is 0 Å². The molecule has 0 unspecified atom stereocenters. The van der Waals surface area contributed by atoms with Gasteiger partial charge in [0.05, 0.1) is 5.92 Å². The molecular formula is C13H22N2O3. The maximum atomic E-state index is 11.9. The van der Waals surface area contributed by atoms with Gasteiger partial charge >= 0.3 is 12.0 Å². The Labute approximate surface area is 108 Å². The molecule has 2 aliphatic rings. The van der Waals surface area contributed by atoms with Crippen LogP contribution in [0.1, 0.15) is 44.9 Å². The third kappa shape index (κ3) is 3.37. The molecule has 1 saturated carbocycles. The number of carbonyl (C=O) groups excluding carboxylic acids is 1. The van der Waals surface area contributed by atoms with Gasteiger partial charge in [0.15, 0.2) is 0 Å². The average molecular weight is 254 g/mol. The van der Waals surface area contributed by atoms with Crippen molar-refractivity contribution in [2.45, 2.75) is 51.0 Å². The zero-order chi connectivity index (χ0) is 13.0. The number of hydrogen-bond acceptors (Lipinski definition) is 2. The maximum absolute atomic E-state index is 11.9. The number of rotatable bonds is 2. The van der Waals surface area contributed by atoms with Crippen molar-refractivity contribution in [2.75, 3.05) is 13.1 Å². The predicted molar refractivity (Wildman–Crippen MR) is 67.3 cm³/mol. The Morgan fingerprint density at radius 3 is 2.11 bits per heavy atom. The van der Waals surface area contributed by atoms with Crippen molar-refractivity contribution in [1.29, 1.82) is 0 Å². The van der Waals surface area contributed by atoms with E-state index in [2.05, 4.69) is 5.32 Å². The van der Waals surface area contributed by atoms with E-state index in [9.17, 15) is 9.59 Å². The highest BCUT2D eigenvalue weighted by Gasteiger charge is 2.36. The summed E-state index contributed by atoms with van der Waals surface area (Å²) in [7, 11) is 0. The Balaban J connectivity index is 1.72. The molecule has 5 nitrogen and oxygen atoms in total. The lowest BCUT2D eigenvalue weighted by Gasteiger charge is -2.37. The van der Waals surface area contributed by atoms with Gasteiger partial charge < -0.3 is 15.3 Å². The lowest BCUT2D eigenvalue weighted by molar-refractivity contribution is -0.146. The van der Waals surface area contributed by atoms with Gasteiger partial charge in [0.2, 0.25) is 0 Å². The van der Waals surface area contributed by atoms with Crippen LogP contribution in [-0.4, -0.2) is 41.1 Å². The number of carbonyl (C=O) groups is 2. The van der Waals surface area contributed by atoms with E-state index in [0.29, 0.717) is 13.1 Å². The highest BCUT2D eigenvalue weighted by molar-refractivity contribution is 5.79. The summed E-state index contributed by atoms with van der Waals surface area (Å²) in [4.78, 5) is 24.1. The van der Waals surface area contributed by atoms with Crippen LogP contribution in [0.4, 0.5) is 4.79 Å². The Bertz CT molecular complexity index is 305. The van der Waals surface area contributed by atoms with Gasteiger partial charge in [-0.3, -0.25) is 4.79 Å². The molecule has 5 heteroatoms. The zero-order valence-corrected chi connectivity index (χ0v) is 10.7. The van der Waals surface area contributed by atoms with Crippen LogP contribution in [0, 0.1) is 5.92 Å². The minimum atomic E-state index is -0.801. The Morgan fingerprint density at radius 2 is 1.56 bits per heavy atom. The van der Waals surface area contributed by atoms with Gasteiger partial charge in [-0.25, -0.2) is 4.79 Å². The normalized spacial score (nSPS) is 22.8. The Hall–Kier alpha value is -1.26. The van der Waals surface area contributed by atoms with Crippen molar-refractivity contribution >= 4 is 12.0 Å². The molecule has 1 heterocycles. The lowest BCUT2D eigenvalue weighted by atomic mass is 9.96. The number of carboxylic acids is 1. The van der Waals surface area contributed by atoms with Crippen LogP contribution < -0.4 is 5.32 Å². The van der Waals surface area contributed by atoms with Crippen molar-refractivity contribution in [1.82, 2.24) is 10.2 Å². The number of hydrogen-bond donors (Lipinski definition) is 2. The fourth-order valence-corrected chi connectivity index (χ4v) is 2.67. The molecule has 1 saturated heterocycles. The molecule has 2 fully saturated rings. The fourth-order valence-electron chi connectivity index (χ4n) is 2.67. The first-order valence-electron chi connectivity index (χ1n) is 6.95. The SMILES string of the molecule is O=C(O)C1CN(C(=O)NC2CCCCCCC2)C1. The number of urea groups is 1. The van der Waals surface area contributed by atoms with E-state index in [1.165, 1.54) is 32.1 Å². The van der Waals surface area contributed by atoms with Crippen molar-refractivity contribution in [2.24, 2.45) is 5.92 Å². The van der Waals surface area contributed by atoms with Crippen LogP contribution in [-0.2, 0) is 4.79 Å². The molecule has 0 bridgehead atoms. The van der Waals surface area contributed by atoms with Crippen molar-refractivity contribution in [3.8, 4) is 0 Å². The summed E-state index contributed by atoms with van der Waals surface area (Å²) < 4.78 is 0. The van der Waals surface area contributed by atoms with Gasteiger partial charge in [0.25, 0.3) is 0 Å². The van der Waals surface area contributed by atoms with Crippen molar-refractivity contribution < 1.29 is 14.7 Å². The molecule has 0 spiro atoms. The smallest absolute Gasteiger partial charge is 0.317 e. The minimum Gasteiger partial charge on any atom is -0.481 e. The molecule has 2 rings (SSSR count). The van der Waals surface area contributed by atoms with Gasteiger partial charge in [-0.2, -0.15) is 0 Å². The Kier molecular flexibility index (Phi) is 4.44. The summed E-state index contributed by atoms with van der Waals surface area (Å²) in [5, 5.41) is 11.8. The standard InChI is InChI=1S/C13H22N2O3/c16-12(17)10-8-15(9-10)13(18)14-11-6-4-2-1-3-5-7-11/h10-11H,1-9H2,(H,14,18)(H,16,17). The molecule has 1 aliphatic heterocycles. The van der Waals surface area contributed by atoms with E-state index < -0.39 is 5.97 Å². The van der Waals surface area contributed by atoms with Gasteiger partial charge in [0, 0.05) is 19.1 Å². The average Bonchev–Trinajstić information content (AvgIpc) is 2.18. The lowest BCUT2D eigenvalue weighted by Crippen LogP contribution is -2.57. The topological polar surface area (TPSA) is 69.6 Å². The highest BCUT2D eigenvalue weighted by atomic mass is 16.4. The van der Waals surface area contributed by atoms with Gasteiger partial charge in [-0.05, 0) is 12.8 Å². The van der Waals surface area contributed by atoms with Crippen LogP contribution in [0.5, 0.6) is 0 Å². The predicted octanol–water partition coefficient (Wildman–Crippen LogP) is 1.83. The zero-order valence-electron chi connectivity index (χ0n) is 10.7. The molecule has 0 atom stereocenters. The van der Waals surface area contributed by atoms with E-state index in [-0.39, 0.29) is 18.0 Å². The summed E-state index contributed by atoms with van der Waals surface area (Å²) in [5.41, 5.74) is 0. The summed E-state index contributed by atoms with van der Waals surface area (Å²) in [6.07, 6.45) is 8.32. The van der Waals surface area contributed by atoms with Crippen molar-refractivity contribution in [3.05, 3.63) is 0 Å². The first-order chi connectivity index (χ1) is 8.66. The third-order valence-electron chi connectivity index (χ3n) is 3.95. The quantitative estimate of drug-likeness (QED) is 0.789. The van der Waals surface area contributed by atoms with E-state index in [0.717, 1.165) is 12.8 Å². The summed E-state index contributed by atoms with van der Waals surface area (Å²) in [6.45, 7) is 0.710. The molecule has 2 amide bonds. The van der Waals surface area contributed by atoms with Crippen LogP contribution in [0.3, 0.4) is 0 Å². The fraction of sp³-hybridized carbons (Fsp3) is 0.846. The number of nitrogens with one attached hydrogen (secondary N) is 1. The van der Waals surface area contributed by atoms with Crippen LogP contribution in [0.15, 0.2) is 0 Å². The molecule has 102 valence electrons. The summed E-state index contributed by atoms with van der Waals surface area (Å²) in [6, 6.07) is 0.194. The highest BCUT2D eigenvalue weighted by Crippen LogP contribution is 2.19. The minimum absolute atomic E-state index is 0.0851. The second-order valence-electron chi connectivity index (χ2n) is 5.43. The number of nitrogens with zero attached hydrogens (tertiary/aromatic N) is 1. The number of carboxylic acid groups (broad SMARTS) is 1. The molecule has 0 radical (unpaired) electrons. The first kappa shape index (κ1) is 13.2. The summed E-state index contributed by atoms with van der Waals surface area (Å²) in [5.74, 6) is -1.17.